The zero-order chi connectivity index (χ0) is 20.0. The van der Waals surface area contributed by atoms with Crippen molar-refractivity contribution in [3.63, 3.8) is 0 Å². The van der Waals surface area contributed by atoms with E-state index in [2.05, 4.69) is 5.32 Å². The van der Waals surface area contributed by atoms with E-state index >= 15 is 0 Å². The number of methoxy groups -OCH3 is 2. The minimum absolute atomic E-state index is 0.00236. The first kappa shape index (κ1) is 21.2. The lowest BCUT2D eigenvalue weighted by Gasteiger charge is -2.26. The second-order valence-corrected chi connectivity index (χ2v) is 6.99. The molecule has 27 heavy (non-hydrogen) atoms. The van der Waals surface area contributed by atoms with Crippen LogP contribution in [0, 0.1) is 0 Å². The van der Waals surface area contributed by atoms with Gasteiger partial charge in [-0.25, -0.2) is 4.79 Å². The van der Waals surface area contributed by atoms with E-state index in [9.17, 15) is 14.4 Å². The Balaban J connectivity index is 2.02. The number of carbonyl (C=O) groups excluding carboxylic acids is 3. The molecule has 1 N–H and O–H groups in total. The standard InChI is InChI=1S/C19H25ClN2O5/c1-12(26-2)18(19(25)27-3)21-16(23)10-15-7-8-17(24)22(15)11-13-5-4-6-14(20)9-13/h4-6,9,12,15,18H,7-8,10-11H2,1-3H3,(H,21,23)/t12-,15+,18+/m1/s1. The molecule has 2 amide bonds. The van der Waals surface area contributed by atoms with E-state index in [4.69, 9.17) is 21.1 Å². The van der Waals surface area contributed by atoms with Crippen LogP contribution in [-0.2, 0) is 30.4 Å². The number of likely N-dealkylation sites (tertiary alicyclic amines) is 1. The van der Waals surface area contributed by atoms with Crippen molar-refractivity contribution in [2.45, 2.75) is 50.9 Å². The Morgan fingerprint density at radius 3 is 2.74 bits per heavy atom. The molecule has 148 valence electrons. The van der Waals surface area contributed by atoms with Gasteiger partial charge in [0.05, 0.1) is 13.2 Å². The van der Waals surface area contributed by atoms with E-state index in [0.717, 1.165) is 5.56 Å². The van der Waals surface area contributed by atoms with Crippen LogP contribution in [0.15, 0.2) is 24.3 Å². The van der Waals surface area contributed by atoms with Crippen molar-refractivity contribution >= 4 is 29.4 Å². The molecule has 7 nitrogen and oxygen atoms in total. The Hall–Kier alpha value is -2.12. The Morgan fingerprint density at radius 2 is 2.11 bits per heavy atom. The van der Waals surface area contributed by atoms with Crippen LogP contribution in [0.25, 0.3) is 0 Å². The SMILES string of the molecule is COC(=O)[C@@H](NC(=O)C[C@@H]1CCC(=O)N1Cc1cccc(Cl)c1)[C@@H](C)OC. The largest absolute Gasteiger partial charge is 0.467 e. The molecule has 0 aliphatic carbocycles. The molecule has 0 spiro atoms. The van der Waals surface area contributed by atoms with Crippen LogP contribution < -0.4 is 5.32 Å². The zero-order valence-corrected chi connectivity index (χ0v) is 16.5. The van der Waals surface area contributed by atoms with Gasteiger partial charge in [0.25, 0.3) is 0 Å². The summed E-state index contributed by atoms with van der Waals surface area (Å²) in [7, 11) is 2.71. The summed E-state index contributed by atoms with van der Waals surface area (Å²) >= 11 is 6.01. The molecular formula is C19H25ClN2O5. The van der Waals surface area contributed by atoms with Gasteiger partial charge in [0.1, 0.15) is 0 Å². The lowest BCUT2D eigenvalue weighted by Crippen LogP contribution is -2.50. The molecule has 1 aromatic rings. The third-order valence-corrected chi connectivity index (χ3v) is 4.96. The van der Waals surface area contributed by atoms with Gasteiger partial charge < -0.3 is 19.7 Å². The lowest BCUT2D eigenvalue weighted by molar-refractivity contribution is -0.149. The first-order valence-electron chi connectivity index (χ1n) is 8.79. The molecule has 1 aliphatic heterocycles. The van der Waals surface area contributed by atoms with Crippen LogP contribution in [0.1, 0.15) is 31.7 Å². The molecule has 8 heteroatoms. The van der Waals surface area contributed by atoms with Gasteiger partial charge in [0.15, 0.2) is 6.04 Å². The van der Waals surface area contributed by atoms with Gasteiger partial charge in [-0.05, 0) is 31.0 Å². The van der Waals surface area contributed by atoms with Crippen molar-refractivity contribution in [1.29, 1.82) is 0 Å². The molecule has 1 saturated heterocycles. The maximum atomic E-state index is 12.5. The lowest BCUT2D eigenvalue weighted by atomic mass is 10.1. The average Bonchev–Trinajstić information content (AvgIpc) is 2.98. The number of hydrogen-bond donors (Lipinski definition) is 1. The minimum Gasteiger partial charge on any atom is -0.467 e. The Kier molecular flexibility index (Phi) is 7.62. The van der Waals surface area contributed by atoms with E-state index in [-0.39, 0.29) is 24.3 Å². The van der Waals surface area contributed by atoms with Crippen molar-refractivity contribution in [2.24, 2.45) is 0 Å². The number of hydrogen-bond acceptors (Lipinski definition) is 5. The third-order valence-electron chi connectivity index (χ3n) is 4.73. The molecule has 1 heterocycles. The highest BCUT2D eigenvalue weighted by Crippen LogP contribution is 2.25. The van der Waals surface area contributed by atoms with Crippen LogP contribution >= 0.6 is 11.6 Å². The predicted octanol–water partition coefficient (Wildman–Crippen LogP) is 1.91. The maximum absolute atomic E-state index is 12.5. The highest BCUT2D eigenvalue weighted by atomic mass is 35.5. The van der Waals surface area contributed by atoms with Gasteiger partial charge in [0, 0.05) is 37.6 Å². The Bertz CT molecular complexity index is 696. The number of rotatable bonds is 8. The van der Waals surface area contributed by atoms with Gasteiger partial charge in [-0.3, -0.25) is 9.59 Å². The second-order valence-electron chi connectivity index (χ2n) is 6.56. The molecule has 0 unspecified atom stereocenters. The first-order valence-corrected chi connectivity index (χ1v) is 9.17. The summed E-state index contributed by atoms with van der Waals surface area (Å²) in [5.74, 6) is -0.899. The monoisotopic (exact) mass is 396 g/mol. The number of ether oxygens (including phenoxy) is 2. The molecular weight excluding hydrogens is 372 g/mol. The summed E-state index contributed by atoms with van der Waals surface area (Å²) in [5.41, 5.74) is 0.906. The Labute approximate surface area is 163 Å². The second kappa shape index (κ2) is 9.71. The molecule has 0 aromatic heterocycles. The van der Waals surface area contributed by atoms with Crippen LogP contribution in [0.5, 0.6) is 0 Å². The third kappa shape index (κ3) is 5.68. The number of carbonyl (C=O) groups is 3. The minimum atomic E-state index is -0.897. The van der Waals surface area contributed by atoms with E-state index < -0.39 is 18.1 Å². The summed E-state index contributed by atoms with van der Waals surface area (Å²) in [4.78, 5) is 38.3. The number of amides is 2. The summed E-state index contributed by atoms with van der Waals surface area (Å²) in [5, 5.41) is 3.26. The van der Waals surface area contributed by atoms with Crippen molar-refractivity contribution in [3.8, 4) is 0 Å². The van der Waals surface area contributed by atoms with E-state index in [1.165, 1.54) is 14.2 Å². The smallest absolute Gasteiger partial charge is 0.331 e. The van der Waals surface area contributed by atoms with Gasteiger partial charge >= 0.3 is 5.97 Å². The van der Waals surface area contributed by atoms with Crippen molar-refractivity contribution < 1.29 is 23.9 Å². The van der Waals surface area contributed by atoms with Crippen LogP contribution in [0.4, 0.5) is 0 Å². The van der Waals surface area contributed by atoms with Gasteiger partial charge in [-0.15, -0.1) is 0 Å². The average molecular weight is 397 g/mol. The fourth-order valence-electron chi connectivity index (χ4n) is 3.13. The van der Waals surface area contributed by atoms with E-state index in [1.54, 1.807) is 24.0 Å². The zero-order valence-electron chi connectivity index (χ0n) is 15.7. The highest BCUT2D eigenvalue weighted by molar-refractivity contribution is 6.30. The van der Waals surface area contributed by atoms with Crippen LogP contribution in [0.3, 0.4) is 0 Å². The van der Waals surface area contributed by atoms with Crippen LogP contribution in [0.2, 0.25) is 5.02 Å². The van der Waals surface area contributed by atoms with E-state index in [1.807, 2.05) is 12.1 Å². The quantitative estimate of drug-likeness (QED) is 0.678. The number of nitrogens with zero attached hydrogens (tertiary/aromatic N) is 1. The number of nitrogens with one attached hydrogen (secondary N) is 1. The van der Waals surface area contributed by atoms with E-state index in [0.29, 0.717) is 24.4 Å². The Morgan fingerprint density at radius 1 is 1.37 bits per heavy atom. The number of halogens is 1. The van der Waals surface area contributed by atoms with Crippen molar-refractivity contribution in [3.05, 3.63) is 34.9 Å². The highest BCUT2D eigenvalue weighted by Gasteiger charge is 2.34. The molecule has 1 aliphatic rings. The molecule has 2 rings (SSSR count). The number of esters is 1. The molecule has 0 saturated carbocycles. The normalized spacial score (nSPS) is 18.9. The molecule has 0 bridgehead atoms. The van der Waals surface area contributed by atoms with Crippen molar-refractivity contribution in [2.75, 3.05) is 14.2 Å². The summed E-state index contributed by atoms with van der Waals surface area (Å²) in [6.45, 7) is 2.07. The number of benzene rings is 1. The molecule has 0 radical (unpaired) electrons. The summed E-state index contributed by atoms with van der Waals surface area (Å²) < 4.78 is 9.87. The van der Waals surface area contributed by atoms with Gasteiger partial charge in [0.2, 0.25) is 11.8 Å². The first-order chi connectivity index (χ1) is 12.8. The summed E-state index contributed by atoms with van der Waals surface area (Å²) in [6.07, 6.45) is 0.563. The fraction of sp³-hybridized carbons (Fsp3) is 0.526. The van der Waals surface area contributed by atoms with Crippen molar-refractivity contribution in [1.82, 2.24) is 10.2 Å². The molecule has 1 aromatic carbocycles. The predicted molar refractivity (Wildman–Crippen MR) is 100 cm³/mol. The topological polar surface area (TPSA) is 84.9 Å². The maximum Gasteiger partial charge on any atom is 0.331 e. The van der Waals surface area contributed by atoms with Crippen LogP contribution in [-0.4, -0.2) is 55.1 Å². The van der Waals surface area contributed by atoms with Gasteiger partial charge in [-0.1, -0.05) is 23.7 Å². The molecule has 3 atom stereocenters. The fourth-order valence-corrected chi connectivity index (χ4v) is 3.34. The molecule has 1 fully saturated rings. The summed E-state index contributed by atoms with van der Waals surface area (Å²) in [6, 6.07) is 6.16. The van der Waals surface area contributed by atoms with Gasteiger partial charge in [-0.2, -0.15) is 0 Å².